The molecule has 1 aromatic rings. The van der Waals surface area contributed by atoms with Gasteiger partial charge in [-0.05, 0) is 37.1 Å². The first-order valence-corrected chi connectivity index (χ1v) is 6.36. The Kier molecular flexibility index (Phi) is 6.37. The Balaban J connectivity index is 3.11. The van der Waals surface area contributed by atoms with Crippen LogP contribution in [0.3, 0.4) is 0 Å². The van der Waals surface area contributed by atoms with Crippen molar-refractivity contribution in [1.29, 1.82) is 0 Å². The van der Waals surface area contributed by atoms with Gasteiger partial charge in [-0.15, -0.1) is 6.58 Å². The average Bonchev–Trinajstić information content (AvgIpc) is 2.45. The number of methoxy groups -OCH3 is 2. The largest absolute Gasteiger partial charge is 0.493 e. The number of carbonyl (C=O) groups excluding carboxylic acids is 1. The summed E-state index contributed by atoms with van der Waals surface area (Å²) < 4.78 is 15.5. The van der Waals surface area contributed by atoms with E-state index < -0.39 is 0 Å². The molecular formula is C16H20O4. The maximum atomic E-state index is 11.3. The van der Waals surface area contributed by atoms with Crippen LogP contribution in [-0.4, -0.2) is 26.8 Å². The topological polar surface area (TPSA) is 44.8 Å². The Hall–Kier alpha value is -2.23. The molecule has 0 saturated heterocycles. The van der Waals surface area contributed by atoms with E-state index in [0.717, 1.165) is 11.1 Å². The van der Waals surface area contributed by atoms with Crippen molar-refractivity contribution in [3.05, 3.63) is 42.0 Å². The molecule has 0 N–H and O–H groups in total. The highest BCUT2D eigenvalue weighted by atomic mass is 16.5. The van der Waals surface area contributed by atoms with Gasteiger partial charge in [-0.3, -0.25) is 0 Å². The van der Waals surface area contributed by atoms with Crippen molar-refractivity contribution in [2.45, 2.75) is 13.3 Å². The second-order valence-electron chi connectivity index (χ2n) is 3.99. The van der Waals surface area contributed by atoms with Crippen LogP contribution in [0.15, 0.2) is 30.9 Å². The van der Waals surface area contributed by atoms with Gasteiger partial charge in [0.1, 0.15) is 0 Å². The minimum atomic E-state index is -0.368. The molecule has 0 spiro atoms. The first-order chi connectivity index (χ1) is 9.65. The number of benzene rings is 1. The molecule has 0 amide bonds. The number of hydrogen-bond acceptors (Lipinski definition) is 4. The van der Waals surface area contributed by atoms with Crippen molar-refractivity contribution >= 4 is 12.0 Å². The molecule has 0 saturated carbocycles. The number of hydrogen-bond donors (Lipinski definition) is 0. The van der Waals surface area contributed by atoms with Gasteiger partial charge in [-0.1, -0.05) is 6.08 Å². The molecule has 4 nitrogen and oxygen atoms in total. The molecule has 0 aliphatic carbocycles. The van der Waals surface area contributed by atoms with E-state index >= 15 is 0 Å². The highest BCUT2D eigenvalue weighted by Crippen LogP contribution is 2.33. The normalized spacial score (nSPS) is 10.3. The molecule has 1 rings (SSSR count). The molecule has 0 atom stereocenters. The van der Waals surface area contributed by atoms with Gasteiger partial charge in [0.2, 0.25) is 0 Å². The van der Waals surface area contributed by atoms with Crippen molar-refractivity contribution in [2.24, 2.45) is 0 Å². The molecule has 0 radical (unpaired) electrons. The Morgan fingerprint density at radius 1 is 1.30 bits per heavy atom. The molecule has 0 aromatic heterocycles. The predicted molar refractivity (Wildman–Crippen MR) is 79.1 cm³/mol. The molecule has 0 bridgehead atoms. The second kappa shape index (κ2) is 8.04. The van der Waals surface area contributed by atoms with Gasteiger partial charge >= 0.3 is 5.97 Å². The van der Waals surface area contributed by atoms with Gasteiger partial charge < -0.3 is 14.2 Å². The molecule has 0 aliphatic heterocycles. The zero-order chi connectivity index (χ0) is 15.0. The minimum absolute atomic E-state index is 0.358. The lowest BCUT2D eigenvalue weighted by atomic mass is 10.1. The number of esters is 1. The lowest BCUT2D eigenvalue weighted by Crippen LogP contribution is -1.99. The molecular weight excluding hydrogens is 256 g/mol. The SMILES string of the molecule is C=CCc1cc(C=CC(=O)OCC)cc(OC)c1OC. The van der Waals surface area contributed by atoms with Crippen molar-refractivity contribution in [1.82, 2.24) is 0 Å². The maximum absolute atomic E-state index is 11.3. The van der Waals surface area contributed by atoms with Crippen LogP contribution >= 0.6 is 0 Å². The van der Waals surface area contributed by atoms with Crippen LogP contribution in [0.2, 0.25) is 0 Å². The van der Waals surface area contributed by atoms with Crippen LogP contribution in [-0.2, 0) is 16.0 Å². The van der Waals surface area contributed by atoms with Crippen LogP contribution in [0.5, 0.6) is 11.5 Å². The average molecular weight is 276 g/mol. The summed E-state index contributed by atoms with van der Waals surface area (Å²) in [7, 11) is 3.17. The van der Waals surface area contributed by atoms with E-state index in [1.54, 1.807) is 39.4 Å². The number of ether oxygens (including phenoxy) is 3. The molecule has 0 fully saturated rings. The van der Waals surface area contributed by atoms with E-state index in [-0.39, 0.29) is 5.97 Å². The number of carbonyl (C=O) groups is 1. The minimum Gasteiger partial charge on any atom is -0.493 e. The van der Waals surface area contributed by atoms with E-state index in [2.05, 4.69) is 6.58 Å². The van der Waals surface area contributed by atoms with Gasteiger partial charge in [-0.25, -0.2) is 4.79 Å². The van der Waals surface area contributed by atoms with Crippen molar-refractivity contribution < 1.29 is 19.0 Å². The van der Waals surface area contributed by atoms with Crippen LogP contribution in [0.25, 0.3) is 6.08 Å². The fourth-order valence-corrected chi connectivity index (χ4v) is 1.82. The standard InChI is InChI=1S/C16H20O4/c1-5-7-13-10-12(8-9-15(17)20-6-2)11-14(18-3)16(13)19-4/h5,8-11H,1,6-7H2,2-4H3. The van der Waals surface area contributed by atoms with Crippen molar-refractivity contribution in [3.63, 3.8) is 0 Å². The van der Waals surface area contributed by atoms with Crippen LogP contribution < -0.4 is 9.47 Å². The molecule has 0 heterocycles. The highest BCUT2D eigenvalue weighted by molar-refractivity contribution is 5.87. The summed E-state index contributed by atoms with van der Waals surface area (Å²) in [5.74, 6) is 0.934. The molecule has 108 valence electrons. The van der Waals surface area contributed by atoms with Crippen molar-refractivity contribution in [3.8, 4) is 11.5 Å². The summed E-state index contributed by atoms with van der Waals surface area (Å²) in [5, 5.41) is 0. The Labute approximate surface area is 119 Å². The van der Waals surface area contributed by atoms with Crippen LogP contribution in [0.1, 0.15) is 18.1 Å². The third-order valence-electron chi connectivity index (χ3n) is 2.64. The third kappa shape index (κ3) is 4.16. The summed E-state index contributed by atoms with van der Waals surface area (Å²) in [6, 6.07) is 3.74. The smallest absolute Gasteiger partial charge is 0.330 e. The highest BCUT2D eigenvalue weighted by Gasteiger charge is 2.10. The predicted octanol–water partition coefficient (Wildman–Crippen LogP) is 3.01. The molecule has 0 unspecified atom stereocenters. The first kappa shape index (κ1) is 15.8. The lowest BCUT2D eigenvalue weighted by Gasteiger charge is -2.13. The zero-order valence-electron chi connectivity index (χ0n) is 12.1. The fraction of sp³-hybridized carbons (Fsp3) is 0.312. The molecule has 0 aliphatic rings. The maximum Gasteiger partial charge on any atom is 0.330 e. The van der Waals surface area contributed by atoms with E-state index in [4.69, 9.17) is 14.2 Å². The molecule has 20 heavy (non-hydrogen) atoms. The Morgan fingerprint density at radius 3 is 2.60 bits per heavy atom. The number of rotatable bonds is 7. The van der Waals surface area contributed by atoms with Gasteiger partial charge in [0.25, 0.3) is 0 Å². The van der Waals surface area contributed by atoms with E-state index in [1.165, 1.54) is 6.08 Å². The number of allylic oxidation sites excluding steroid dienone is 1. The summed E-state index contributed by atoms with van der Waals surface area (Å²) >= 11 is 0. The molecule has 1 aromatic carbocycles. The monoisotopic (exact) mass is 276 g/mol. The quantitative estimate of drug-likeness (QED) is 0.436. The van der Waals surface area contributed by atoms with E-state index in [1.807, 2.05) is 6.07 Å². The molecule has 4 heteroatoms. The van der Waals surface area contributed by atoms with Crippen LogP contribution in [0.4, 0.5) is 0 Å². The Bertz CT molecular complexity index is 503. The van der Waals surface area contributed by atoms with Gasteiger partial charge in [0, 0.05) is 11.6 Å². The Morgan fingerprint density at radius 2 is 2.05 bits per heavy atom. The lowest BCUT2D eigenvalue weighted by molar-refractivity contribution is -0.137. The zero-order valence-corrected chi connectivity index (χ0v) is 12.1. The summed E-state index contributed by atoms with van der Waals surface area (Å²) in [4.78, 5) is 11.3. The van der Waals surface area contributed by atoms with Gasteiger partial charge in [0.15, 0.2) is 11.5 Å². The van der Waals surface area contributed by atoms with E-state index in [0.29, 0.717) is 24.5 Å². The van der Waals surface area contributed by atoms with Gasteiger partial charge in [0.05, 0.1) is 20.8 Å². The summed E-state index contributed by atoms with van der Waals surface area (Å²) in [6.07, 6.45) is 5.52. The van der Waals surface area contributed by atoms with Crippen molar-refractivity contribution in [2.75, 3.05) is 20.8 Å². The van der Waals surface area contributed by atoms with Gasteiger partial charge in [-0.2, -0.15) is 0 Å². The van der Waals surface area contributed by atoms with Crippen LogP contribution in [0, 0.1) is 0 Å². The summed E-state index contributed by atoms with van der Waals surface area (Å²) in [6.45, 7) is 5.85. The second-order valence-corrected chi connectivity index (χ2v) is 3.99. The summed E-state index contributed by atoms with van der Waals surface area (Å²) in [5.41, 5.74) is 1.79. The van der Waals surface area contributed by atoms with E-state index in [9.17, 15) is 4.79 Å². The fourth-order valence-electron chi connectivity index (χ4n) is 1.82. The first-order valence-electron chi connectivity index (χ1n) is 6.36. The third-order valence-corrected chi connectivity index (χ3v) is 2.64.